The average Bonchev–Trinajstić information content (AvgIpc) is 2.99. The van der Waals surface area contributed by atoms with E-state index >= 15 is 0 Å². The molecule has 2 aromatic carbocycles. The lowest BCUT2D eigenvalue weighted by Crippen LogP contribution is -1.91. The fourth-order valence-corrected chi connectivity index (χ4v) is 3.64. The maximum absolute atomic E-state index is 6.03. The standard InChI is InChI=1S/C19H13ClN4O/c1-25-12-6-7-13-14(8-12)15(9-16-21-23-24-22-16)19-17(18(13)19)10-2-4-11(20)5-3-10/h2-8H,9H2,1H3,(H,21,22,23,24). The van der Waals surface area contributed by atoms with Gasteiger partial charge in [-0.1, -0.05) is 35.0 Å². The molecule has 1 N–H and O–H groups in total. The number of hydrogen-bond donors (Lipinski definition) is 1. The van der Waals surface area contributed by atoms with Crippen LogP contribution in [0.2, 0.25) is 5.02 Å². The Morgan fingerprint density at radius 1 is 1.00 bits per heavy atom. The van der Waals surface area contributed by atoms with Crippen LogP contribution >= 0.6 is 11.6 Å². The summed E-state index contributed by atoms with van der Waals surface area (Å²) in [5.41, 5.74) is 6.28. The maximum Gasteiger partial charge on any atom is 0.178 e. The molecule has 0 aliphatic heterocycles. The van der Waals surface area contributed by atoms with Crippen LogP contribution in [0.25, 0.3) is 33.0 Å². The molecule has 2 aliphatic carbocycles. The number of nitrogens with zero attached hydrogens (tertiary/aromatic N) is 3. The highest BCUT2D eigenvalue weighted by atomic mass is 35.5. The first-order chi connectivity index (χ1) is 12.3. The minimum absolute atomic E-state index is 0.632. The van der Waals surface area contributed by atoms with Crippen LogP contribution in [0.3, 0.4) is 0 Å². The van der Waals surface area contributed by atoms with Crippen LogP contribution in [0, 0.1) is 0 Å². The van der Waals surface area contributed by atoms with E-state index in [9.17, 15) is 0 Å². The van der Waals surface area contributed by atoms with Crippen LogP contribution in [0.4, 0.5) is 0 Å². The van der Waals surface area contributed by atoms with E-state index in [0.29, 0.717) is 12.2 Å². The van der Waals surface area contributed by atoms with Gasteiger partial charge in [0.25, 0.3) is 0 Å². The van der Waals surface area contributed by atoms with E-state index in [4.69, 9.17) is 16.3 Å². The zero-order valence-corrected chi connectivity index (χ0v) is 14.1. The van der Waals surface area contributed by atoms with Crippen LogP contribution in [0.15, 0.2) is 42.5 Å². The van der Waals surface area contributed by atoms with E-state index in [1.807, 2.05) is 18.2 Å². The second-order valence-electron chi connectivity index (χ2n) is 6.03. The van der Waals surface area contributed by atoms with E-state index in [1.54, 1.807) is 7.11 Å². The van der Waals surface area contributed by atoms with Crippen molar-refractivity contribution in [3.8, 4) is 28.0 Å². The summed E-state index contributed by atoms with van der Waals surface area (Å²) in [4.78, 5) is 0. The molecule has 0 saturated carbocycles. The molecule has 0 unspecified atom stereocenters. The number of tetrazole rings is 1. The SMILES string of the molecule is COc1ccc2c3c(-c4ccc(Cl)cc4)c-3c(Cc3nn[nH]n3)c2c1. The average molecular weight is 349 g/mol. The predicted molar refractivity (Wildman–Crippen MR) is 96.9 cm³/mol. The maximum atomic E-state index is 6.03. The Hall–Kier alpha value is -2.92. The number of rotatable bonds is 4. The minimum Gasteiger partial charge on any atom is -0.497 e. The lowest BCUT2D eigenvalue weighted by Gasteiger charge is -2.03. The lowest BCUT2D eigenvalue weighted by atomic mass is 10.0. The highest BCUT2D eigenvalue weighted by Crippen LogP contribution is 2.59. The zero-order chi connectivity index (χ0) is 17.0. The summed E-state index contributed by atoms with van der Waals surface area (Å²) in [5, 5.41) is 17.6. The van der Waals surface area contributed by atoms with E-state index in [2.05, 4.69) is 44.9 Å². The highest BCUT2D eigenvalue weighted by molar-refractivity contribution is 6.31. The molecule has 0 amide bonds. The van der Waals surface area contributed by atoms with Crippen molar-refractivity contribution < 1.29 is 4.74 Å². The topological polar surface area (TPSA) is 63.7 Å². The number of ether oxygens (including phenoxy) is 1. The van der Waals surface area contributed by atoms with Gasteiger partial charge in [0.2, 0.25) is 0 Å². The van der Waals surface area contributed by atoms with Gasteiger partial charge in [0.15, 0.2) is 5.82 Å². The summed E-state index contributed by atoms with van der Waals surface area (Å²) in [6, 6.07) is 14.2. The molecule has 0 bridgehead atoms. The third-order valence-electron chi connectivity index (χ3n) is 4.67. The van der Waals surface area contributed by atoms with Gasteiger partial charge in [-0.3, -0.25) is 0 Å². The molecule has 0 atom stereocenters. The number of H-pyrrole nitrogens is 1. The summed E-state index contributed by atoms with van der Waals surface area (Å²) in [6.45, 7) is 0. The first-order valence-corrected chi connectivity index (χ1v) is 8.29. The van der Waals surface area contributed by atoms with Crippen molar-refractivity contribution in [2.45, 2.75) is 6.42 Å². The Morgan fingerprint density at radius 3 is 2.56 bits per heavy atom. The molecule has 122 valence electrons. The van der Waals surface area contributed by atoms with Gasteiger partial charge in [-0.2, -0.15) is 5.21 Å². The van der Waals surface area contributed by atoms with Gasteiger partial charge < -0.3 is 4.74 Å². The molecule has 0 spiro atoms. The second-order valence-corrected chi connectivity index (χ2v) is 6.46. The molecule has 5 nitrogen and oxygen atoms in total. The van der Waals surface area contributed by atoms with Gasteiger partial charge in [-0.05, 0) is 62.9 Å². The van der Waals surface area contributed by atoms with Crippen LogP contribution in [0.5, 0.6) is 5.75 Å². The molecular weight excluding hydrogens is 336 g/mol. The van der Waals surface area contributed by atoms with E-state index in [0.717, 1.165) is 10.8 Å². The summed E-state index contributed by atoms with van der Waals surface area (Å²) < 4.78 is 5.39. The van der Waals surface area contributed by atoms with Crippen molar-refractivity contribution in [3.63, 3.8) is 0 Å². The Balaban J connectivity index is 1.71. The van der Waals surface area contributed by atoms with Gasteiger partial charge in [0.1, 0.15) is 5.75 Å². The Labute approximate surface area is 148 Å². The molecule has 3 aromatic rings. The fraction of sp³-hybridized carbons (Fsp3) is 0.105. The van der Waals surface area contributed by atoms with Crippen LogP contribution in [-0.4, -0.2) is 27.7 Å². The lowest BCUT2D eigenvalue weighted by molar-refractivity contribution is 0.415. The summed E-state index contributed by atoms with van der Waals surface area (Å²) >= 11 is 6.03. The number of nitrogens with one attached hydrogen (secondary N) is 1. The van der Waals surface area contributed by atoms with Crippen LogP contribution < -0.4 is 4.74 Å². The molecule has 0 saturated heterocycles. The van der Waals surface area contributed by atoms with Crippen LogP contribution in [-0.2, 0) is 6.42 Å². The van der Waals surface area contributed by atoms with Gasteiger partial charge in [0, 0.05) is 11.4 Å². The van der Waals surface area contributed by atoms with Crippen molar-refractivity contribution in [3.05, 3.63) is 58.9 Å². The molecule has 5 rings (SSSR count). The molecule has 1 aromatic heterocycles. The number of benzene rings is 3. The molecule has 0 fully saturated rings. The monoisotopic (exact) mass is 348 g/mol. The smallest absolute Gasteiger partial charge is 0.178 e. The number of halogens is 1. The van der Waals surface area contributed by atoms with Crippen molar-refractivity contribution in [2.75, 3.05) is 7.11 Å². The zero-order valence-electron chi connectivity index (χ0n) is 13.4. The van der Waals surface area contributed by atoms with Gasteiger partial charge in [0.05, 0.1) is 7.11 Å². The highest BCUT2D eigenvalue weighted by Gasteiger charge is 2.34. The summed E-state index contributed by atoms with van der Waals surface area (Å²) in [7, 11) is 1.68. The second kappa shape index (κ2) is 5.29. The van der Waals surface area contributed by atoms with Crippen molar-refractivity contribution in [1.29, 1.82) is 0 Å². The van der Waals surface area contributed by atoms with E-state index in [-0.39, 0.29) is 0 Å². The Morgan fingerprint density at radius 2 is 1.84 bits per heavy atom. The molecule has 1 heterocycles. The van der Waals surface area contributed by atoms with E-state index in [1.165, 1.54) is 38.6 Å². The molecule has 0 radical (unpaired) electrons. The number of hydrogen-bond acceptors (Lipinski definition) is 4. The van der Waals surface area contributed by atoms with Crippen molar-refractivity contribution in [1.82, 2.24) is 20.6 Å². The normalized spacial score (nSPS) is 11.8. The van der Waals surface area contributed by atoms with Gasteiger partial charge >= 0.3 is 0 Å². The van der Waals surface area contributed by atoms with Crippen molar-refractivity contribution in [2.24, 2.45) is 0 Å². The quantitative estimate of drug-likeness (QED) is 0.527. The predicted octanol–water partition coefficient (Wildman–Crippen LogP) is 4.25. The van der Waals surface area contributed by atoms with Gasteiger partial charge in [-0.25, -0.2) is 0 Å². The summed E-state index contributed by atoms with van der Waals surface area (Å²) in [5.74, 6) is 1.53. The van der Waals surface area contributed by atoms with Gasteiger partial charge in [-0.15, -0.1) is 10.2 Å². The number of aromatic amines is 1. The minimum atomic E-state index is 0.632. The fourth-order valence-electron chi connectivity index (χ4n) is 3.52. The summed E-state index contributed by atoms with van der Waals surface area (Å²) in [6.07, 6.45) is 0.632. The van der Waals surface area contributed by atoms with E-state index < -0.39 is 0 Å². The largest absolute Gasteiger partial charge is 0.497 e. The molecule has 2 aliphatic rings. The first-order valence-electron chi connectivity index (χ1n) is 7.91. The molecular formula is C19H13ClN4O. The Kier molecular flexibility index (Phi) is 3.05. The number of aromatic nitrogens is 4. The molecule has 25 heavy (non-hydrogen) atoms. The Bertz CT molecular complexity index is 1100. The molecule has 6 heteroatoms. The number of methoxy groups -OCH3 is 1. The van der Waals surface area contributed by atoms with Crippen LogP contribution in [0.1, 0.15) is 11.4 Å². The third-order valence-corrected chi connectivity index (χ3v) is 4.92. The first kappa shape index (κ1) is 14.4. The third kappa shape index (κ3) is 2.20. The number of fused-ring (bicyclic) bond motifs is 3. The van der Waals surface area contributed by atoms with Crippen molar-refractivity contribution >= 4 is 22.4 Å².